The summed E-state index contributed by atoms with van der Waals surface area (Å²) in [6.45, 7) is 9.09. The second kappa shape index (κ2) is 23.1. The van der Waals surface area contributed by atoms with Crippen LogP contribution in [-0.2, 0) is 32.7 Å². The first-order chi connectivity index (χ1) is 39.9. The molecular weight excluding hydrogens is 1110 g/mol. The van der Waals surface area contributed by atoms with Crippen LogP contribution in [0.15, 0.2) is 120 Å². The Morgan fingerprint density at radius 2 is 1.73 bits per heavy atom. The highest BCUT2D eigenvalue weighted by atomic mass is 35.5. The molecule has 83 heavy (non-hydrogen) atoms. The number of anilines is 3. The maximum Gasteiger partial charge on any atom is 0.293 e. The number of halogens is 1. The van der Waals surface area contributed by atoms with E-state index in [1.165, 1.54) is 41.1 Å². The fourth-order valence-electron chi connectivity index (χ4n) is 11.0. The number of fused-ring (bicyclic) bond motifs is 2. The highest BCUT2D eigenvalue weighted by molar-refractivity contribution is 7.90. The van der Waals surface area contributed by atoms with E-state index in [9.17, 15) is 42.5 Å². The molecule has 0 radical (unpaired) electrons. The van der Waals surface area contributed by atoms with Crippen molar-refractivity contribution in [2.24, 2.45) is 5.41 Å². The van der Waals surface area contributed by atoms with Crippen molar-refractivity contribution < 1.29 is 42.1 Å². The molecule has 1 unspecified atom stereocenters. The molecule has 1 aliphatic carbocycles. The van der Waals surface area contributed by atoms with E-state index in [-0.39, 0.29) is 52.9 Å². The van der Waals surface area contributed by atoms with Gasteiger partial charge in [0.2, 0.25) is 11.8 Å². The molecule has 2 saturated heterocycles. The third kappa shape index (κ3) is 12.2. The molecule has 3 aliphatic heterocycles. The summed E-state index contributed by atoms with van der Waals surface area (Å²) >= 11 is 6.26. The summed E-state index contributed by atoms with van der Waals surface area (Å²) in [4.78, 5) is 89.2. The topological polar surface area (TPSA) is 289 Å². The minimum Gasteiger partial charge on any atom is -0.455 e. The largest absolute Gasteiger partial charge is 0.455 e. The number of imide groups is 2. The van der Waals surface area contributed by atoms with Gasteiger partial charge in [-0.25, -0.2) is 18.1 Å². The number of hydrogen-bond donors (Lipinski definition) is 5. The van der Waals surface area contributed by atoms with Gasteiger partial charge in [0.15, 0.2) is 0 Å². The fraction of sp³-hybridized carbons (Fsp3) is 0.310. The summed E-state index contributed by atoms with van der Waals surface area (Å²) in [6, 6.07) is 23.6. The Morgan fingerprint density at radius 1 is 0.928 bits per heavy atom. The van der Waals surface area contributed by atoms with Gasteiger partial charge >= 0.3 is 0 Å². The number of hydrogen-bond acceptors (Lipinski definition) is 17. The number of nitro groups is 1. The second-order valence-corrected chi connectivity index (χ2v) is 23.8. The molecule has 4 aromatic carbocycles. The zero-order chi connectivity index (χ0) is 58.2. The summed E-state index contributed by atoms with van der Waals surface area (Å²) < 4.78 is 37.9. The van der Waals surface area contributed by atoms with E-state index < -0.39 is 61.1 Å². The lowest BCUT2D eigenvalue weighted by atomic mass is 9.72. The highest BCUT2D eigenvalue weighted by Crippen LogP contribution is 2.44. The lowest BCUT2D eigenvalue weighted by Crippen LogP contribution is -2.54. The average Bonchev–Trinajstić information content (AvgIpc) is 3.63. The van der Waals surface area contributed by atoms with E-state index >= 15 is 0 Å². The smallest absolute Gasteiger partial charge is 0.293 e. The van der Waals surface area contributed by atoms with E-state index in [2.05, 4.69) is 76.7 Å². The van der Waals surface area contributed by atoms with Crippen LogP contribution in [-0.4, -0.2) is 123 Å². The number of benzene rings is 4. The number of aromatic amines is 1. The van der Waals surface area contributed by atoms with Gasteiger partial charge in [-0.3, -0.25) is 53.9 Å². The standard InChI is InChI=1S/C58H58ClN13O10S/c1-58(2)19-17-37(45(30-58)35-7-9-38(59)10-8-35)33-68-23-25-69(26-24-68)40-11-13-43(50(28-40)82-41-27-36-18-21-61-53(36)63-32-41)54(74)66-83(80,81)42-12-14-46(49(29-42)72(78)79)62-31-39-34-70(67-65-39)22-4-20-60-47-6-3-5-44-52(47)57(77)71(56(44)76)48-15-16-51(73)64-55(48)75/h3,5-14,18,21,27-29,32,34,48,60,62H,4,15-17,19-20,22-26,30-31,33H2,1-2H3,(H,61,63)(H,66,74)(H,64,73,75). The van der Waals surface area contributed by atoms with Crippen molar-refractivity contribution in [3.05, 3.63) is 158 Å². The number of amides is 5. The van der Waals surface area contributed by atoms with Crippen molar-refractivity contribution in [1.82, 2.24) is 44.8 Å². The van der Waals surface area contributed by atoms with Crippen molar-refractivity contribution in [3.8, 4) is 11.5 Å². The number of carbonyl (C=O) groups is 5. The lowest BCUT2D eigenvalue weighted by Gasteiger charge is -2.39. The molecule has 7 aromatic rings. The second-order valence-electron chi connectivity index (χ2n) is 21.7. The SMILES string of the molecule is CC1(C)CCC(CN2CCN(c3ccc(C(=O)NS(=O)(=O)c4ccc(NCc5cn(CCCNc6cccc7c6C(=O)N(C6CCC(=O)NC6=O)C7=O)nn5)c([N+](=O)[O-])c4)c(Oc4cnc5[nH]ccc5c4)c3)CC2)=C(c2ccc(Cl)cc2)C1. The van der Waals surface area contributed by atoms with E-state index in [4.69, 9.17) is 16.3 Å². The van der Waals surface area contributed by atoms with Crippen LogP contribution in [0.5, 0.6) is 11.5 Å². The third-order valence-electron chi connectivity index (χ3n) is 15.4. The highest BCUT2D eigenvalue weighted by Gasteiger charge is 2.45. The van der Waals surface area contributed by atoms with Crippen molar-refractivity contribution >= 4 is 90.5 Å². The molecule has 0 saturated carbocycles. The Labute approximate surface area is 481 Å². The van der Waals surface area contributed by atoms with Crippen LogP contribution in [0.1, 0.15) is 94.7 Å². The number of rotatable bonds is 19. The van der Waals surface area contributed by atoms with Crippen LogP contribution < -0.4 is 30.3 Å². The maximum absolute atomic E-state index is 14.1. The molecule has 0 spiro atoms. The summed E-state index contributed by atoms with van der Waals surface area (Å²) in [5, 5.41) is 30.5. The van der Waals surface area contributed by atoms with Crippen molar-refractivity contribution in [2.75, 3.05) is 54.8 Å². The van der Waals surface area contributed by atoms with Crippen LogP contribution in [0.2, 0.25) is 5.02 Å². The van der Waals surface area contributed by atoms with Gasteiger partial charge < -0.3 is 25.3 Å². The van der Waals surface area contributed by atoms with Gasteiger partial charge in [0.1, 0.15) is 34.6 Å². The molecule has 4 aliphatic rings. The minimum absolute atomic E-state index is 0.00693. The Kier molecular flexibility index (Phi) is 15.6. The first-order valence-corrected chi connectivity index (χ1v) is 29.0. The zero-order valence-electron chi connectivity index (χ0n) is 45.3. The Bertz CT molecular complexity index is 3890. The van der Waals surface area contributed by atoms with E-state index in [0.29, 0.717) is 60.4 Å². The van der Waals surface area contributed by atoms with Gasteiger partial charge in [-0.1, -0.05) is 54.4 Å². The molecule has 3 aromatic heterocycles. The number of piperazine rings is 1. The van der Waals surface area contributed by atoms with Gasteiger partial charge in [0.25, 0.3) is 33.4 Å². The number of aromatic nitrogens is 5. The van der Waals surface area contributed by atoms with Gasteiger partial charge in [-0.2, -0.15) is 0 Å². The normalized spacial score (nSPS) is 17.4. The molecule has 2 fully saturated rings. The molecule has 5 amide bonds. The van der Waals surface area contributed by atoms with E-state index in [1.54, 1.807) is 47.4 Å². The maximum atomic E-state index is 14.1. The van der Waals surface area contributed by atoms with Crippen LogP contribution in [0.3, 0.4) is 0 Å². The van der Waals surface area contributed by atoms with Crippen LogP contribution in [0, 0.1) is 15.5 Å². The molecule has 428 valence electrons. The molecule has 5 N–H and O–H groups in total. The molecule has 6 heterocycles. The number of pyridine rings is 1. The number of nitrogens with one attached hydrogen (secondary N) is 5. The minimum atomic E-state index is -4.70. The van der Waals surface area contributed by atoms with Gasteiger partial charge in [-0.05, 0) is 109 Å². The number of allylic oxidation sites excluding steroid dienone is 1. The van der Waals surface area contributed by atoms with E-state index in [1.807, 2.05) is 18.2 Å². The quantitative estimate of drug-likeness (QED) is 0.0222. The van der Waals surface area contributed by atoms with Crippen LogP contribution in [0.25, 0.3) is 16.6 Å². The average molecular weight is 1160 g/mol. The molecule has 1 atom stereocenters. The number of sulfonamides is 1. The Hall–Kier alpha value is -9.00. The van der Waals surface area contributed by atoms with E-state index in [0.717, 1.165) is 67.0 Å². The number of nitro benzene ring substituents is 1. The number of aryl methyl sites for hydroxylation is 1. The number of H-pyrrole nitrogens is 1. The van der Waals surface area contributed by atoms with Crippen LogP contribution >= 0.6 is 11.6 Å². The van der Waals surface area contributed by atoms with Crippen molar-refractivity contribution in [2.45, 2.75) is 76.4 Å². The Morgan fingerprint density at radius 3 is 2.52 bits per heavy atom. The van der Waals surface area contributed by atoms with Crippen molar-refractivity contribution in [3.63, 3.8) is 0 Å². The number of carbonyl (C=O) groups excluding carboxylic acids is 5. The van der Waals surface area contributed by atoms with Gasteiger partial charge in [0.05, 0.1) is 45.4 Å². The molecule has 23 nitrogen and oxygen atoms in total. The molecular formula is C58H58ClN13O10S. The molecule has 25 heteroatoms. The molecule has 11 rings (SSSR count). The van der Waals surface area contributed by atoms with Gasteiger partial charge in [-0.15, -0.1) is 5.10 Å². The summed E-state index contributed by atoms with van der Waals surface area (Å²) in [5.41, 5.74) is 6.03. The monoisotopic (exact) mass is 1160 g/mol. The lowest BCUT2D eigenvalue weighted by molar-refractivity contribution is -0.384. The predicted molar refractivity (Wildman–Crippen MR) is 309 cm³/mol. The van der Waals surface area contributed by atoms with Gasteiger partial charge in [0, 0.05) is 92.3 Å². The fourth-order valence-corrected chi connectivity index (χ4v) is 12.1. The third-order valence-corrected chi connectivity index (χ3v) is 17.0. The first kappa shape index (κ1) is 55.9. The number of piperidine rings is 1. The zero-order valence-corrected chi connectivity index (χ0v) is 46.9. The van der Waals surface area contributed by atoms with Crippen LogP contribution in [0.4, 0.5) is 22.7 Å². The molecule has 0 bridgehead atoms. The summed E-state index contributed by atoms with van der Waals surface area (Å²) in [5.74, 6) is -3.04. The number of nitrogens with zero attached hydrogens (tertiary/aromatic N) is 8. The first-order valence-electron chi connectivity index (χ1n) is 27.1. The predicted octanol–water partition coefficient (Wildman–Crippen LogP) is 7.93. The summed E-state index contributed by atoms with van der Waals surface area (Å²) in [6.07, 6.45) is 8.50. The number of ether oxygens (including phenoxy) is 1. The van der Waals surface area contributed by atoms with Crippen molar-refractivity contribution in [1.29, 1.82) is 0 Å². The summed E-state index contributed by atoms with van der Waals surface area (Å²) in [7, 11) is -4.70. The Balaban J connectivity index is 0.724.